The average Bonchev–Trinajstić information content (AvgIpc) is 2.53. The number of nitrogens with one attached hydrogen (secondary N) is 1. The van der Waals surface area contributed by atoms with Gasteiger partial charge >= 0.3 is 5.97 Å². The van der Waals surface area contributed by atoms with Crippen LogP contribution in [-0.4, -0.2) is 42.0 Å². The van der Waals surface area contributed by atoms with Crippen LogP contribution in [0, 0.1) is 5.92 Å². The van der Waals surface area contributed by atoms with Gasteiger partial charge in [0.1, 0.15) is 19.3 Å². The molecule has 1 atom stereocenters. The van der Waals surface area contributed by atoms with Crippen LogP contribution in [0.5, 0.6) is 11.5 Å². The summed E-state index contributed by atoms with van der Waals surface area (Å²) in [7, 11) is 0. The van der Waals surface area contributed by atoms with E-state index in [0.717, 1.165) is 16.4 Å². The van der Waals surface area contributed by atoms with Gasteiger partial charge in [-0.3, -0.25) is 4.79 Å². The van der Waals surface area contributed by atoms with Gasteiger partial charge < -0.3 is 19.9 Å². The molecule has 7 heteroatoms. The number of carboxylic acids is 1. The molecule has 2 rings (SSSR count). The number of carboxylic acid groups (broad SMARTS) is 1. The van der Waals surface area contributed by atoms with Crippen molar-refractivity contribution in [2.75, 3.05) is 19.0 Å². The molecule has 1 amide bonds. The normalized spacial score (nSPS) is 14.3. The summed E-state index contributed by atoms with van der Waals surface area (Å²) in [4.78, 5) is 24.1. The van der Waals surface area contributed by atoms with Gasteiger partial charge in [-0.1, -0.05) is 13.8 Å². The molecule has 2 N–H and O–H groups in total. The summed E-state index contributed by atoms with van der Waals surface area (Å²) in [6.45, 7) is 4.95. The van der Waals surface area contributed by atoms with E-state index in [1.807, 2.05) is 32.0 Å². The van der Waals surface area contributed by atoms with Crippen molar-refractivity contribution in [2.24, 2.45) is 5.92 Å². The van der Waals surface area contributed by atoms with Crippen molar-refractivity contribution in [3.63, 3.8) is 0 Å². The smallest absolute Gasteiger partial charge is 0.326 e. The largest absolute Gasteiger partial charge is 0.486 e. The fraction of sp³-hybridized carbons (Fsp3) is 0.529. The highest BCUT2D eigenvalue weighted by molar-refractivity contribution is 7.99. The molecule has 0 fully saturated rings. The number of hydrogen-bond donors (Lipinski definition) is 2. The van der Waals surface area contributed by atoms with Gasteiger partial charge in [0.25, 0.3) is 0 Å². The first kappa shape index (κ1) is 18.4. The molecule has 0 aromatic heterocycles. The number of thioether (sulfide) groups is 1. The van der Waals surface area contributed by atoms with Gasteiger partial charge in [0.05, 0.1) is 0 Å². The van der Waals surface area contributed by atoms with Crippen LogP contribution < -0.4 is 14.8 Å². The third-order valence-corrected chi connectivity index (χ3v) is 4.45. The Balaban J connectivity index is 1.78. The number of amides is 1. The van der Waals surface area contributed by atoms with E-state index in [1.165, 1.54) is 11.8 Å². The number of carbonyl (C=O) groups is 2. The second-order valence-corrected chi connectivity index (χ2v) is 7.16. The van der Waals surface area contributed by atoms with Gasteiger partial charge in [-0.05, 0) is 30.5 Å². The summed E-state index contributed by atoms with van der Waals surface area (Å²) in [6, 6.07) is 4.86. The molecular formula is C17H23NO5S. The van der Waals surface area contributed by atoms with Gasteiger partial charge in [-0.15, -0.1) is 11.8 Å². The van der Waals surface area contributed by atoms with Crippen LogP contribution in [-0.2, 0) is 9.59 Å². The number of carbonyl (C=O) groups excluding carboxylic acids is 1. The number of ether oxygens (including phenoxy) is 2. The summed E-state index contributed by atoms with van der Waals surface area (Å²) in [5, 5.41) is 11.7. The molecule has 0 saturated heterocycles. The molecule has 1 aromatic carbocycles. The van der Waals surface area contributed by atoms with Crippen molar-refractivity contribution in [1.29, 1.82) is 0 Å². The number of benzene rings is 1. The Kier molecular flexibility index (Phi) is 6.78. The predicted octanol–water partition coefficient (Wildman–Crippen LogP) is 2.56. The number of rotatable bonds is 8. The first-order valence-electron chi connectivity index (χ1n) is 8.00. The lowest BCUT2D eigenvalue weighted by Crippen LogP contribution is -2.41. The molecule has 1 aromatic rings. The maximum atomic E-state index is 11.9. The Bertz CT molecular complexity index is 590. The van der Waals surface area contributed by atoms with E-state index in [2.05, 4.69) is 5.32 Å². The predicted molar refractivity (Wildman–Crippen MR) is 91.8 cm³/mol. The minimum absolute atomic E-state index is 0.207. The minimum atomic E-state index is -0.989. The summed E-state index contributed by atoms with van der Waals surface area (Å²) >= 11 is 1.53. The molecule has 24 heavy (non-hydrogen) atoms. The molecule has 1 aliphatic rings. The van der Waals surface area contributed by atoms with Gasteiger partial charge in [0.15, 0.2) is 11.5 Å². The highest BCUT2D eigenvalue weighted by atomic mass is 32.2. The van der Waals surface area contributed by atoms with Crippen LogP contribution in [0.3, 0.4) is 0 Å². The Hall–Kier alpha value is -1.89. The maximum absolute atomic E-state index is 11.9. The number of aliphatic carboxylic acids is 1. The quantitative estimate of drug-likeness (QED) is 0.699. The fourth-order valence-electron chi connectivity index (χ4n) is 2.33. The molecule has 132 valence electrons. The molecule has 6 nitrogen and oxygen atoms in total. The highest BCUT2D eigenvalue weighted by Gasteiger charge is 2.20. The molecule has 0 bridgehead atoms. The zero-order valence-electron chi connectivity index (χ0n) is 13.9. The lowest BCUT2D eigenvalue weighted by atomic mass is 10.0. The molecular weight excluding hydrogens is 330 g/mol. The number of hydrogen-bond acceptors (Lipinski definition) is 5. The first-order valence-corrected chi connectivity index (χ1v) is 8.99. The highest BCUT2D eigenvalue weighted by Crippen LogP contribution is 2.34. The SMILES string of the molecule is CC(C)C[C@@H](NC(=O)CCSc1ccc2c(c1)OCCO2)C(=O)O. The fourth-order valence-corrected chi connectivity index (χ4v) is 3.21. The third-order valence-electron chi connectivity index (χ3n) is 3.45. The van der Waals surface area contributed by atoms with E-state index in [0.29, 0.717) is 25.4 Å². The van der Waals surface area contributed by atoms with E-state index in [-0.39, 0.29) is 18.2 Å². The maximum Gasteiger partial charge on any atom is 0.326 e. The molecule has 0 aliphatic carbocycles. The van der Waals surface area contributed by atoms with Crippen molar-refractivity contribution in [3.05, 3.63) is 18.2 Å². The monoisotopic (exact) mass is 353 g/mol. The minimum Gasteiger partial charge on any atom is -0.486 e. The summed E-state index contributed by atoms with van der Waals surface area (Å²) in [5.74, 6) is 1.00. The average molecular weight is 353 g/mol. The van der Waals surface area contributed by atoms with Crippen LogP contribution >= 0.6 is 11.8 Å². The third kappa shape index (κ3) is 5.63. The number of fused-ring (bicyclic) bond motifs is 1. The summed E-state index contributed by atoms with van der Waals surface area (Å²) in [6.07, 6.45) is 0.692. The topological polar surface area (TPSA) is 84.9 Å². The molecule has 0 unspecified atom stereocenters. The van der Waals surface area contributed by atoms with Crippen LogP contribution in [0.4, 0.5) is 0 Å². The molecule has 0 saturated carbocycles. The van der Waals surface area contributed by atoms with Crippen molar-refractivity contribution < 1.29 is 24.2 Å². The van der Waals surface area contributed by atoms with Gasteiger partial charge in [-0.25, -0.2) is 4.79 Å². The van der Waals surface area contributed by atoms with E-state index < -0.39 is 12.0 Å². The Labute approximate surface area is 145 Å². The van der Waals surface area contributed by atoms with Gasteiger partial charge in [0.2, 0.25) is 5.91 Å². The van der Waals surface area contributed by atoms with Crippen molar-refractivity contribution in [1.82, 2.24) is 5.32 Å². The Morgan fingerprint density at radius 1 is 1.25 bits per heavy atom. The van der Waals surface area contributed by atoms with E-state index in [1.54, 1.807) is 0 Å². The van der Waals surface area contributed by atoms with Gasteiger partial charge in [-0.2, -0.15) is 0 Å². The van der Waals surface area contributed by atoms with Crippen LogP contribution in [0.25, 0.3) is 0 Å². The molecule has 0 radical (unpaired) electrons. The second-order valence-electron chi connectivity index (χ2n) is 5.99. The van der Waals surface area contributed by atoms with E-state index in [4.69, 9.17) is 14.6 Å². The van der Waals surface area contributed by atoms with Crippen LogP contribution in [0.15, 0.2) is 23.1 Å². The standard InChI is InChI=1S/C17H23NO5S/c1-11(2)9-13(17(20)21)18-16(19)5-8-24-12-3-4-14-15(10-12)23-7-6-22-14/h3-4,10-11,13H,5-9H2,1-2H3,(H,18,19)(H,20,21)/t13-/m1/s1. The Morgan fingerprint density at radius 3 is 2.62 bits per heavy atom. The van der Waals surface area contributed by atoms with E-state index in [9.17, 15) is 9.59 Å². The molecule has 1 heterocycles. The van der Waals surface area contributed by atoms with Crippen molar-refractivity contribution in [3.8, 4) is 11.5 Å². The lowest BCUT2D eigenvalue weighted by Gasteiger charge is -2.18. The second kappa shape index (κ2) is 8.82. The zero-order chi connectivity index (χ0) is 17.5. The van der Waals surface area contributed by atoms with Gasteiger partial charge in [0, 0.05) is 17.1 Å². The van der Waals surface area contributed by atoms with Crippen LogP contribution in [0.1, 0.15) is 26.7 Å². The first-order chi connectivity index (χ1) is 11.5. The molecule has 1 aliphatic heterocycles. The van der Waals surface area contributed by atoms with E-state index >= 15 is 0 Å². The lowest BCUT2D eigenvalue weighted by molar-refractivity contribution is -0.142. The summed E-state index contributed by atoms with van der Waals surface area (Å²) in [5.41, 5.74) is 0. The molecule has 0 spiro atoms. The van der Waals surface area contributed by atoms with Crippen molar-refractivity contribution in [2.45, 2.75) is 37.6 Å². The Morgan fingerprint density at radius 2 is 1.96 bits per heavy atom. The zero-order valence-corrected chi connectivity index (χ0v) is 14.7. The summed E-state index contributed by atoms with van der Waals surface area (Å²) < 4.78 is 11.0. The van der Waals surface area contributed by atoms with Crippen molar-refractivity contribution >= 4 is 23.6 Å². The van der Waals surface area contributed by atoms with Crippen LogP contribution in [0.2, 0.25) is 0 Å².